The Kier molecular flexibility index (Phi) is 10.5. The molecule has 0 N–H and O–H groups in total. The molecule has 1 aliphatic heterocycles. The van der Waals surface area contributed by atoms with Crippen LogP contribution in [0.2, 0.25) is 0 Å². The average Bonchev–Trinajstić information content (AvgIpc) is 3.32. The molecule has 10 heteroatoms. The van der Waals surface area contributed by atoms with Crippen LogP contribution < -0.4 is 0 Å². The second-order valence-corrected chi connectivity index (χ2v) is 11.3. The fourth-order valence-electron chi connectivity index (χ4n) is 4.97. The lowest BCUT2D eigenvalue weighted by atomic mass is 9.80. The van der Waals surface area contributed by atoms with Crippen LogP contribution in [0.3, 0.4) is 0 Å². The van der Waals surface area contributed by atoms with Crippen molar-refractivity contribution in [3.8, 4) is 11.8 Å². The van der Waals surface area contributed by atoms with Crippen LogP contribution in [0.4, 0.5) is 9.59 Å². The molecular formula is C34H37N5O5. The van der Waals surface area contributed by atoms with Crippen LogP contribution in [0, 0.1) is 11.8 Å². The number of amides is 2. The summed E-state index contributed by atoms with van der Waals surface area (Å²) in [6.45, 7) is 5.49. The van der Waals surface area contributed by atoms with Crippen LogP contribution in [0.15, 0.2) is 96.1 Å². The van der Waals surface area contributed by atoms with Gasteiger partial charge in [-0.05, 0) is 43.0 Å². The molecule has 4 rings (SSSR count). The highest BCUT2D eigenvalue weighted by atomic mass is 16.6. The molecule has 2 atom stereocenters. The van der Waals surface area contributed by atoms with Crippen LogP contribution in [-0.4, -0.2) is 73.0 Å². The van der Waals surface area contributed by atoms with Gasteiger partial charge in [0.05, 0.1) is 32.3 Å². The van der Waals surface area contributed by atoms with Gasteiger partial charge >= 0.3 is 12.2 Å². The van der Waals surface area contributed by atoms with Crippen molar-refractivity contribution in [3.05, 3.63) is 118 Å². The number of carbonyl (C=O) groups excluding carboxylic acids is 2. The topological polar surface area (TPSA) is 117 Å². The Bertz CT molecular complexity index is 1410. The molecule has 10 nitrogen and oxygen atoms in total. The van der Waals surface area contributed by atoms with E-state index < -0.39 is 35.5 Å². The molecule has 3 aromatic rings. The number of azide groups is 1. The Labute approximate surface area is 258 Å². The number of hydrogen-bond acceptors (Lipinski definition) is 6. The summed E-state index contributed by atoms with van der Waals surface area (Å²) in [5, 5.41) is 3.75. The summed E-state index contributed by atoms with van der Waals surface area (Å²) in [6.07, 6.45) is -1.82. The molecule has 0 bridgehead atoms. The lowest BCUT2D eigenvalue weighted by molar-refractivity contribution is -0.0368. The number of carbonyl (C=O) groups is 2. The second kappa shape index (κ2) is 14.5. The molecule has 0 radical (unpaired) electrons. The lowest BCUT2D eigenvalue weighted by Gasteiger charge is -2.37. The van der Waals surface area contributed by atoms with Crippen molar-refractivity contribution in [1.29, 1.82) is 0 Å². The van der Waals surface area contributed by atoms with Gasteiger partial charge in [-0.25, -0.2) is 9.59 Å². The van der Waals surface area contributed by atoms with Crippen LogP contribution in [0.25, 0.3) is 10.4 Å². The molecular weight excluding hydrogens is 558 g/mol. The summed E-state index contributed by atoms with van der Waals surface area (Å²) in [7, 11) is 1.59. The minimum atomic E-state index is -1.02. The van der Waals surface area contributed by atoms with Gasteiger partial charge in [0.25, 0.3) is 0 Å². The second-order valence-electron chi connectivity index (χ2n) is 11.3. The predicted octanol–water partition coefficient (Wildman–Crippen LogP) is 6.37. The molecule has 3 aromatic carbocycles. The molecule has 1 heterocycles. The fourth-order valence-corrected chi connectivity index (χ4v) is 4.97. The Morgan fingerprint density at radius 2 is 1.48 bits per heavy atom. The molecule has 1 fully saturated rings. The number of ether oxygens (including phenoxy) is 3. The van der Waals surface area contributed by atoms with Gasteiger partial charge in [-0.15, -0.1) is 0 Å². The summed E-state index contributed by atoms with van der Waals surface area (Å²) < 4.78 is 18.0. The van der Waals surface area contributed by atoms with Crippen molar-refractivity contribution >= 4 is 12.2 Å². The first-order valence-corrected chi connectivity index (χ1v) is 14.3. The lowest BCUT2D eigenvalue weighted by Crippen LogP contribution is -2.43. The van der Waals surface area contributed by atoms with E-state index in [4.69, 9.17) is 19.7 Å². The Morgan fingerprint density at radius 1 is 0.955 bits per heavy atom. The molecule has 44 heavy (non-hydrogen) atoms. The van der Waals surface area contributed by atoms with Gasteiger partial charge in [0.1, 0.15) is 17.3 Å². The molecule has 0 aromatic heterocycles. The van der Waals surface area contributed by atoms with Crippen molar-refractivity contribution in [2.45, 2.75) is 44.1 Å². The molecule has 0 unspecified atom stereocenters. The third kappa shape index (κ3) is 7.70. The van der Waals surface area contributed by atoms with E-state index >= 15 is 0 Å². The number of nitrogens with zero attached hydrogens (tertiary/aromatic N) is 5. The molecule has 0 saturated carbocycles. The third-order valence-electron chi connectivity index (χ3n) is 7.05. The van der Waals surface area contributed by atoms with Crippen molar-refractivity contribution < 1.29 is 23.8 Å². The van der Waals surface area contributed by atoms with Crippen LogP contribution in [-0.2, 0) is 19.8 Å². The SMILES string of the molecule is CN(CC#CCN1C(=O)O[C@H](COC(c2ccccc2)(c2ccccc2)c2ccccc2)[C@H]1CN=[N+]=[N-])C(=O)OC(C)(C)C. The van der Waals surface area contributed by atoms with E-state index in [1.807, 2.05) is 91.0 Å². The van der Waals surface area contributed by atoms with Crippen LogP contribution in [0.5, 0.6) is 0 Å². The zero-order chi connectivity index (χ0) is 31.6. The Morgan fingerprint density at radius 3 is 1.95 bits per heavy atom. The molecule has 1 saturated heterocycles. The summed E-state index contributed by atoms with van der Waals surface area (Å²) in [4.78, 5) is 31.0. The monoisotopic (exact) mass is 595 g/mol. The molecule has 0 aliphatic carbocycles. The van der Waals surface area contributed by atoms with E-state index in [9.17, 15) is 9.59 Å². The number of benzene rings is 3. The molecule has 2 amide bonds. The normalized spacial score (nSPS) is 16.3. The van der Waals surface area contributed by atoms with E-state index in [0.717, 1.165) is 16.7 Å². The van der Waals surface area contributed by atoms with Gasteiger partial charge < -0.3 is 19.1 Å². The first-order valence-electron chi connectivity index (χ1n) is 14.3. The Hall–Kier alpha value is -4.97. The van der Waals surface area contributed by atoms with Gasteiger partial charge in [-0.2, -0.15) is 0 Å². The van der Waals surface area contributed by atoms with Gasteiger partial charge in [0.2, 0.25) is 0 Å². The first kappa shape index (κ1) is 32.0. The van der Waals surface area contributed by atoms with Crippen molar-refractivity contribution in [2.75, 3.05) is 33.3 Å². The quantitative estimate of drug-likeness (QED) is 0.0888. The Balaban J connectivity index is 1.58. The van der Waals surface area contributed by atoms with Crippen LogP contribution >= 0.6 is 0 Å². The van der Waals surface area contributed by atoms with Crippen molar-refractivity contribution in [3.63, 3.8) is 0 Å². The maximum atomic E-state index is 13.0. The van der Waals surface area contributed by atoms with E-state index in [1.165, 1.54) is 9.80 Å². The smallest absolute Gasteiger partial charge is 0.411 e. The van der Waals surface area contributed by atoms with E-state index in [0.29, 0.717) is 0 Å². The molecule has 1 aliphatic rings. The van der Waals surface area contributed by atoms with Gasteiger partial charge in [0, 0.05) is 12.0 Å². The van der Waals surface area contributed by atoms with Crippen LogP contribution in [0.1, 0.15) is 37.5 Å². The average molecular weight is 596 g/mol. The minimum Gasteiger partial charge on any atom is -0.444 e. The number of cyclic esters (lactones) is 1. The largest absolute Gasteiger partial charge is 0.444 e. The molecule has 0 spiro atoms. The van der Waals surface area contributed by atoms with E-state index in [-0.39, 0.29) is 26.2 Å². The van der Waals surface area contributed by atoms with Crippen molar-refractivity contribution in [2.24, 2.45) is 5.11 Å². The summed E-state index contributed by atoms with van der Waals surface area (Å²) in [5.74, 6) is 5.84. The highest BCUT2D eigenvalue weighted by molar-refractivity contribution is 5.71. The summed E-state index contributed by atoms with van der Waals surface area (Å²) in [6, 6.07) is 29.0. The van der Waals surface area contributed by atoms with Gasteiger partial charge in [0.15, 0.2) is 0 Å². The predicted molar refractivity (Wildman–Crippen MR) is 167 cm³/mol. The zero-order valence-electron chi connectivity index (χ0n) is 25.4. The highest BCUT2D eigenvalue weighted by Gasteiger charge is 2.44. The number of rotatable bonds is 10. The van der Waals surface area contributed by atoms with E-state index in [1.54, 1.807) is 27.8 Å². The first-order chi connectivity index (χ1) is 21.2. The maximum Gasteiger partial charge on any atom is 0.411 e. The number of hydrogen-bond donors (Lipinski definition) is 0. The third-order valence-corrected chi connectivity index (χ3v) is 7.05. The highest BCUT2D eigenvalue weighted by Crippen LogP contribution is 2.41. The molecule has 228 valence electrons. The maximum absolute atomic E-state index is 13.0. The van der Waals surface area contributed by atoms with E-state index in [2.05, 4.69) is 21.9 Å². The standard InChI is InChI=1S/C34H37N5O5/c1-33(2,3)44-31(40)38(4)22-14-15-23-39-29(24-36-37-35)30(43-32(39)41)25-42-34(26-16-8-5-9-17-26,27-18-10-6-11-19-27)28-20-12-7-13-21-28/h5-13,16-21,29-30H,22-25H2,1-4H3/t29-,30-/m1/s1. The summed E-state index contributed by atoms with van der Waals surface area (Å²) >= 11 is 0. The zero-order valence-corrected chi connectivity index (χ0v) is 25.4. The fraction of sp³-hybridized carbons (Fsp3) is 0.353. The van der Waals surface area contributed by atoms with Crippen molar-refractivity contribution in [1.82, 2.24) is 9.80 Å². The summed E-state index contributed by atoms with van der Waals surface area (Å²) in [5.41, 5.74) is 10.2. The minimum absolute atomic E-state index is 0.0152. The van der Waals surface area contributed by atoms with Gasteiger partial charge in [-0.3, -0.25) is 4.90 Å². The van der Waals surface area contributed by atoms with Gasteiger partial charge in [-0.1, -0.05) is 108 Å².